The second kappa shape index (κ2) is 2.53. The Morgan fingerprint density at radius 3 is 1.80 bits per heavy atom. The lowest BCUT2D eigenvalue weighted by Crippen LogP contribution is -2.32. The molecule has 0 saturated heterocycles. The van der Waals surface area contributed by atoms with E-state index in [1.165, 1.54) is 13.8 Å². The molecule has 0 aliphatic heterocycles. The molecule has 0 aliphatic rings. The summed E-state index contributed by atoms with van der Waals surface area (Å²) in [6.07, 6.45) is -0.115. The Morgan fingerprint density at radius 1 is 1.30 bits per heavy atom. The van der Waals surface area contributed by atoms with Gasteiger partial charge in [0.15, 0.2) is 0 Å². The van der Waals surface area contributed by atoms with Crippen LogP contribution in [0.5, 0.6) is 0 Å². The van der Waals surface area contributed by atoms with Crippen LogP contribution in [0, 0.1) is 16.7 Å². The van der Waals surface area contributed by atoms with Gasteiger partial charge >= 0.3 is 0 Å². The van der Waals surface area contributed by atoms with Crippen LogP contribution in [-0.4, -0.2) is 5.92 Å². The van der Waals surface area contributed by atoms with E-state index in [1.54, 1.807) is 6.07 Å². The van der Waals surface area contributed by atoms with Gasteiger partial charge < -0.3 is 0 Å². The highest BCUT2D eigenvalue weighted by atomic mass is 19.3. The minimum absolute atomic E-state index is 0.115. The SMILES string of the molecule is CC(F)(F)C(C)(C)CC#N. The Balaban J connectivity index is 4.28. The lowest BCUT2D eigenvalue weighted by molar-refractivity contribution is -0.0858. The van der Waals surface area contributed by atoms with Gasteiger partial charge in [-0.05, 0) is 6.92 Å². The van der Waals surface area contributed by atoms with Gasteiger partial charge in [-0.1, -0.05) is 13.8 Å². The molecule has 0 fully saturated rings. The lowest BCUT2D eigenvalue weighted by Gasteiger charge is -2.28. The van der Waals surface area contributed by atoms with Crippen LogP contribution in [0.4, 0.5) is 8.78 Å². The molecule has 3 heteroatoms. The predicted molar refractivity (Wildman–Crippen MR) is 34.6 cm³/mol. The molecule has 10 heavy (non-hydrogen) atoms. The molecule has 0 aromatic rings. The van der Waals surface area contributed by atoms with Gasteiger partial charge in [-0.15, -0.1) is 0 Å². The molecule has 0 amide bonds. The van der Waals surface area contributed by atoms with Crippen molar-refractivity contribution in [3.63, 3.8) is 0 Å². The summed E-state index contributed by atoms with van der Waals surface area (Å²) >= 11 is 0. The first-order chi connectivity index (χ1) is 4.31. The van der Waals surface area contributed by atoms with Crippen molar-refractivity contribution >= 4 is 0 Å². The van der Waals surface area contributed by atoms with E-state index in [1.807, 2.05) is 0 Å². The molecule has 0 radical (unpaired) electrons. The van der Waals surface area contributed by atoms with Gasteiger partial charge in [0.05, 0.1) is 6.07 Å². The first kappa shape index (κ1) is 9.35. The molecule has 0 bridgehead atoms. The van der Waals surface area contributed by atoms with E-state index >= 15 is 0 Å². The summed E-state index contributed by atoms with van der Waals surface area (Å²) in [5.41, 5.74) is -1.21. The maximum Gasteiger partial charge on any atom is 0.251 e. The van der Waals surface area contributed by atoms with Crippen molar-refractivity contribution in [2.45, 2.75) is 33.1 Å². The van der Waals surface area contributed by atoms with Gasteiger partial charge in [0.2, 0.25) is 0 Å². The van der Waals surface area contributed by atoms with Crippen LogP contribution in [0.15, 0.2) is 0 Å². The van der Waals surface area contributed by atoms with Crippen molar-refractivity contribution in [1.29, 1.82) is 5.26 Å². The summed E-state index contributed by atoms with van der Waals surface area (Å²) in [5, 5.41) is 8.18. The lowest BCUT2D eigenvalue weighted by atomic mass is 9.84. The van der Waals surface area contributed by atoms with Crippen molar-refractivity contribution < 1.29 is 8.78 Å². The first-order valence-electron chi connectivity index (χ1n) is 3.06. The fourth-order valence-corrected chi connectivity index (χ4v) is 0.353. The van der Waals surface area contributed by atoms with Crippen molar-refractivity contribution in [1.82, 2.24) is 0 Å². The third-order valence-corrected chi connectivity index (χ3v) is 1.71. The second-order valence-corrected chi connectivity index (χ2v) is 3.11. The highest BCUT2D eigenvalue weighted by Gasteiger charge is 2.41. The van der Waals surface area contributed by atoms with Gasteiger partial charge in [0.1, 0.15) is 0 Å². The number of rotatable bonds is 2. The Kier molecular flexibility index (Phi) is 2.37. The van der Waals surface area contributed by atoms with E-state index in [0.717, 1.165) is 6.92 Å². The predicted octanol–water partition coefficient (Wildman–Crippen LogP) is 2.58. The van der Waals surface area contributed by atoms with E-state index in [0.29, 0.717) is 0 Å². The molecule has 0 unspecified atom stereocenters. The zero-order valence-electron chi connectivity index (χ0n) is 6.41. The minimum atomic E-state index is -2.78. The first-order valence-corrected chi connectivity index (χ1v) is 3.06. The van der Waals surface area contributed by atoms with E-state index < -0.39 is 11.3 Å². The van der Waals surface area contributed by atoms with E-state index in [2.05, 4.69) is 0 Å². The van der Waals surface area contributed by atoms with Crippen LogP contribution >= 0.6 is 0 Å². The molecule has 0 aromatic carbocycles. The second-order valence-electron chi connectivity index (χ2n) is 3.11. The third-order valence-electron chi connectivity index (χ3n) is 1.71. The summed E-state index contributed by atoms with van der Waals surface area (Å²) in [5.74, 6) is -2.78. The molecule has 1 nitrogen and oxygen atoms in total. The smallest absolute Gasteiger partial charge is 0.207 e. The van der Waals surface area contributed by atoms with Crippen molar-refractivity contribution in [2.75, 3.05) is 0 Å². The maximum atomic E-state index is 12.5. The normalized spacial score (nSPS) is 12.8. The molecule has 0 saturated carbocycles. The largest absolute Gasteiger partial charge is 0.251 e. The number of hydrogen-bond donors (Lipinski definition) is 0. The quantitative estimate of drug-likeness (QED) is 0.588. The standard InChI is InChI=1S/C7H11F2N/c1-6(2,4-5-10)7(3,8)9/h4H2,1-3H3. The summed E-state index contributed by atoms with van der Waals surface area (Å²) in [4.78, 5) is 0. The molecule has 0 heterocycles. The average Bonchev–Trinajstić information content (AvgIpc) is 1.61. The van der Waals surface area contributed by atoms with Gasteiger partial charge in [-0.2, -0.15) is 5.26 Å². The highest BCUT2D eigenvalue weighted by Crippen LogP contribution is 2.37. The molecule has 0 rings (SSSR count). The fraction of sp³-hybridized carbons (Fsp3) is 0.857. The summed E-state index contributed by atoms with van der Waals surface area (Å²) in [6, 6.07) is 1.73. The number of nitriles is 1. The third kappa shape index (κ3) is 1.94. The van der Waals surface area contributed by atoms with Crippen LogP contribution in [0.3, 0.4) is 0 Å². The van der Waals surface area contributed by atoms with E-state index in [4.69, 9.17) is 5.26 Å². The zero-order valence-corrected chi connectivity index (χ0v) is 6.41. The van der Waals surface area contributed by atoms with Gasteiger partial charge in [-0.25, -0.2) is 8.78 Å². The summed E-state index contributed by atoms with van der Waals surface area (Å²) in [6.45, 7) is 3.61. The van der Waals surface area contributed by atoms with Gasteiger partial charge in [-0.3, -0.25) is 0 Å². The van der Waals surface area contributed by atoms with E-state index in [-0.39, 0.29) is 6.42 Å². The van der Waals surface area contributed by atoms with Crippen molar-refractivity contribution in [3.05, 3.63) is 0 Å². The minimum Gasteiger partial charge on any atom is -0.207 e. The topological polar surface area (TPSA) is 23.8 Å². The average molecular weight is 147 g/mol. The Labute approximate surface area is 59.7 Å². The van der Waals surface area contributed by atoms with Gasteiger partial charge in [0.25, 0.3) is 5.92 Å². The van der Waals surface area contributed by atoms with E-state index in [9.17, 15) is 8.78 Å². The maximum absolute atomic E-state index is 12.5. The molecule has 58 valence electrons. The fourth-order valence-electron chi connectivity index (χ4n) is 0.353. The van der Waals surface area contributed by atoms with Crippen LogP contribution in [0.1, 0.15) is 27.2 Å². The Hall–Kier alpha value is -0.650. The molecule has 0 N–H and O–H groups in total. The van der Waals surface area contributed by atoms with Gasteiger partial charge in [0, 0.05) is 11.8 Å². The summed E-state index contributed by atoms with van der Waals surface area (Å²) < 4.78 is 25.1. The number of alkyl halides is 2. The Bertz CT molecular complexity index is 150. The Morgan fingerprint density at radius 2 is 1.70 bits per heavy atom. The number of halogens is 2. The number of nitrogens with zero attached hydrogens (tertiary/aromatic N) is 1. The molecule has 0 spiro atoms. The van der Waals surface area contributed by atoms with Crippen LogP contribution in [-0.2, 0) is 0 Å². The van der Waals surface area contributed by atoms with Crippen LogP contribution in [0.25, 0.3) is 0 Å². The van der Waals surface area contributed by atoms with Crippen LogP contribution < -0.4 is 0 Å². The van der Waals surface area contributed by atoms with Crippen LogP contribution in [0.2, 0.25) is 0 Å². The number of hydrogen-bond acceptors (Lipinski definition) is 1. The molecule has 0 aromatic heterocycles. The summed E-state index contributed by atoms with van der Waals surface area (Å²) in [7, 11) is 0. The molecular formula is C7H11F2N. The van der Waals surface area contributed by atoms with Crippen molar-refractivity contribution in [3.8, 4) is 6.07 Å². The molecule has 0 aliphatic carbocycles. The zero-order chi connectivity index (χ0) is 8.41. The molecule has 0 atom stereocenters. The monoisotopic (exact) mass is 147 g/mol. The highest BCUT2D eigenvalue weighted by molar-refractivity contribution is 4.89. The van der Waals surface area contributed by atoms with Crippen molar-refractivity contribution in [2.24, 2.45) is 5.41 Å². The molecular weight excluding hydrogens is 136 g/mol.